The zero-order valence-corrected chi connectivity index (χ0v) is 17.9. The highest BCUT2D eigenvalue weighted by Crippen LogP contribution is 2.38. The Morgan fingerprint density at radius 1 is 0.970 bits per heavy atom. The van der Waals surface area contributed by atoms with E-state index in [2.05, 4.69) is 10.3 Å². The lowest BCUT2D eigenvalue weighted by atomic mass is 10.0. The number of hydrogen-bond donors (Lipinski definition) is 1. The van der Waals surface area contributed by atoms with Gasteiger partial charge in [0, 0.05) is 23.5 Å². The van der Waals surface area contributed by atoms with E-state index >= 15 is 0 Å². The maximum absolute atomic E-state index is 13.5. The maximum atomic E-state index is 13.5. The molecule has 3 aromatic rings. The highest BCUT2D eigenvalue weighted by molar-refractivity contribution is 6.36. The quantitative estimate of drug-likeness (QED) is 0.585. The topological polar surface area (TPSA) is 90.0 Å². The van der Waals surface area contributed by atoms with E-state index in [0.29, 0.717) is 47.4 Å². The standard InChI is InChI=1S/C25H21N3O5/c1-31-19-8-3-2-7-18(19)22-23(27-16-9-10-20-21(14-16)33-13-12-32-20)25(30)28(24(22)29)15-17-6-4-5-11-26-17/h2-11,14,27H,12-13,15H2,1H3. The van der Waals surface area contributed by atoms with Gasteiger partial charge in [-0.25, -0.2) is 0 Å². The average Bonchev–Trinajstić information content (AvgIpc) is 3.08. The number of benzene rings is 2. The zero-order valence-electron chi connectivity index (χ0n) is 17.9. The molecule has 0 bridgehead atoms. The number of rotatable bonds is 6. The number of fused-ring (bicyclic) bond motifs is 1. The molecule has 2 aromatic carbocycles. The third-order valence-corrected chi connectivity index (χ3v) is 5.40. The lowest BCUT2D eigenvalue weighted by molar-refractivity contribution is -0.137. The molecule has 8 nitrogen and oxygen atoms in total. The van der Waals surface area contributed by atoms with Gasteiger partial charge in [0.1, 0.15) is 24.7 Å². The first-order valence-corrected chi connectivity index (χ1v) is 10.5. The predicted molar refractivity (Wildman–Crippen MR) is 121 cm³/mol. The van der Waals surface area contributed by atoms with Gasteiger partial charge in [-0.3, -0.25) is 19.5 Å². The van der Waals surface area contributed by atoms with Crippen LogP contribution in [0.4, 0.5) is 5.69 Å². The van der Waals surface area contributed by atoms with Crippen molar-refractivity contribution in [1.82, 2.24) is 9.88 Å². The second-order valence-corrected chi connectivity index (χ2v) is 7.45. The van der Waals surface area contributed by atoms with Crippen molar-refractivity contribution in [1.29, 1.82) is 0 Å². The van der Waals surface area contributed by atoms with Crippen LogP contribution in [0.1, 0.15) is 11.3 Å². The van der Waals surface area contributed by atoms with E-state index in [1.807, 2.05) is 12.1 Å². The fourth-order valence-corrected chi connectivity index (χ4v) is 3.86. The summed E-state index contributed by atoms with van der Waals surface area (Å²) >= 11 is 0. The lowest BCUT2D eigenvalue weighted by Crippen LogP contribution is -2.32. The van der Waals surface area contributed by atoms with Gasteiger partial charge in [-0.2, -0.15) is 0 Å². The van der Waals surface area contributed by atoms with Crippen LogP contribution < -0.4 is 19.5 Å². The summed E-state index contributed by atoms with van der Waals surface area (Å²) in [5.74, 6) is 0.843. The number of amides is 2. The van der Waals surface area contributed by atoms with Crippen LogP contribution >= 0.6 is 0 Å². The van der Waals surface area contributed by atoms with Gasteiger partial charge in [0.05, 0.1) is 24.9 Å². The first kappa shape index (κ1) is 20.6. The summed E-state index contributed by atoms with van der Waals surface area (Å²) in [6.45, 7) is 0.989. The number of nitrogens with zero attached hydrogens (tertiary/aromatic N) is 2. The van der Waals surface area contributed by atoms with E-state index in [4.69, 9.17) is 14.2 Å². The Hall–Kier alpha value is -4.33. The largest absolute Gasteiger partial charge is 0.496 e. The molecule has 2 amide bonds. The number of aromatic nitrogens is 1. The number of carbonyl (C=O) groups excluding carboxylic acids is 2. The van der Waals surface area contributed by atoms with Crippen molar-refractivity contribution >= 4 is 23.1 Å². The molecule has 0 aliphatic carbocycles. The summed E-state index contributed by atoms with van der Waals surface area (Å²) in [5.41, 5.74) is 2.14. The van der Waals surface area contributed by atoms with Gasteiger partial charge in [0.15, 0.2) is 11.5 Å². The number of imide groups is 1. The molecule has 1 aromatic heterocycles. The van der Waals surface area contributed by atoms with Crippen LogP contribution in [-0.2, 0) is 16.1 Å². The molecule has 5 rings (SSSR count). The molecule has 0 saturated carbocycles. The molecule has 2 aliphatic rings. The number of anilines is 1. The van der Waals surface area contributed by atoms with Gasteiger partial charge in [0.25, 0.3) is 11.8 Å². The van der Waals surface area contributed by atoms with Crippen LogP contribution in [0, 0.1) is 0 Å². The number of ether oxygens (including phenoxy) is 3. The third-order valence-electron chi connectivity index (χ3n) is 5.40. The SMILES string of the molecule is COc1ccccc1C1=C(Nc2ccc3c(c2)OCCO3)C(=O)N(Cc2ccccn2)C1=O. The number of methoxy groups -OCH3 is 1. The summed E-state index contributed by atoms with van der Waals surface area (Å²) in [7, 11) is 1.53. The normalized spacial score (nSPS) is 15.1. The Morgan fingerprint density at radius 2 is 1.76 bits per heavy atom. The van der Waals surface area contributed by atoms with E-state index in [1.54, 1.807) is 54.7 Å². The minimum Gasteiger partial charge on any atom is -0.496 e. The first-order valence-electron chi connectivity index (χ1n) is 10.5. The van der Waals surface area contributed by atoms with Crippen molar-refractivity contribution in [2.24, 2.45) is 0 Å². The maximum Gasteiger partial charge on any atom is 0.278 e. The first-order chi connectivity index (χ1) is 16.2. The van der Waals surface area contributed by atoms with Crippen LogP contribution in [0.25, 0.3) is 5.57 Å². The van der Waals surface area contributed by atoms with Crippen LogP contribution in [-0.4, -0.2) is 42.0 Å². The molecule has 0 unspecified atom stereocenters. The summed E-state index contributed by atoms with van der Waals surface area (Å²) in [6.07, 6.45) is 1.63. The fraction of sp³-hybridized carbons (Fsp3) is 0.160. The number of hydrogen-bond acceptors (Lipinski definition) is 7. The molecule has 166 valence electrons. The molecule has 0 atom stereocenters. The molecular weight excluding hydrogens is 422 g/mol. The van der Waals surface area contributed by atoms with Crippen LogP contribution in [0.2, 0.25) is 0 Å². The fourth-order valence-electron chi connectivity index (χ4n) is 3.86. The van der Waals surface area contributed by atoms with Gasteiger partial charge >= 0.3 is 0 Å². The van der Waals surface area contributed by atoms with Gasteiger partial charge in [-0.15, -0.1) is 0 Å². The van der Waals surface area contributed by atoms with E-state index in [9.17, 15) is 9.59 Å². The average molecular weight is 443 g/mol. The highest BCUT2D eigenvalue weighted by atomic mass is 16.6. The highest BCUT2D eigenvalue weighted by Gasteiger charge is 2.40. The van der Waals surface area contributed by atoms with Crippen LogP contribution in [0.5, 0.6) is 17.2 Å². The molecule has 8 heteroatoms. The van der Waals surface area contributed by atoms with Gasteiger partial charge in [0.2, 0.25) is 0 Å². The van der Waals surface area contributed by atoms with Gasteiger partial charge in [-0.05, 0) is 30.3 Å². The summed E-state index contributed by atoms with van der Waals surface area (Å²) in [6, 6.07) is 17.8. The zero-order chi connectivity index (χ0) is 22.8. The van der Waals surface area contributed by atoms with Gasteiger partial charge < -0.3 is 19.5 Å². The van der Waals surface area contributed by atoms with Crippen molar-refractivity contribution in [2.45, 2.75) is 6.54 Å². The Morgan fingerprint density at radius 3 is 2.55 bits per heavy atom. The predicted octanol–water partition coefficient (Wildman–Crippen LogP) is 3.25. The van der Waals surface area contributed by atoms with Gasteiger partial charge in [-0.1, -0.05) is 24.3 Å². The Bertz CT molecular complexity index is 1260. The van der Waals surface area contributed by atoms with Crippen LogP contribution in [0.3, 0.4) is 0 Å². The molecule has 3 heterocycles. The Balaban J connectivity index is 1.56. The Labute approximate surface area is 190 Å². The second kappa shape index (κ2) is 8.66. The molecule has 2 aliphatic heterocycles. The third kappa shape index (κ3) is 3.87. The van der Waals surface area contributed by atoms with Crippen LogP contribution in [0.15, 0.2) is 72.6 Å². The minimum absolute atomic E-state index is 0.0590. The minimum atomic E-state index is -0.443. The van der Waals surface area contributed by atoms with E-state index in [-0.39, 0.29) is 17.8 Å². The van der Waals surface area contributed by atoms with E-state index in [1.165, 1.54) is 12.0 Å². The Kier molecular flexibility index (Phi) is 5.40. The van der Waals surface area contributed by atoms with E-state index < -0.39 is 11.8 Å². The molecule has 0 spiro atoms. The molecule has 0 saturated heterocycles. The number of nitrogens with one attached hydrogen (secondary N) is 1. The lowest BCUT2D eigenvalue weighted by Gasteiger charge is -2.19. The monoisotopic (exact) mass is 443 g/mol. The number of pyridine rings is 1. The van der Waals surface area contributed by atoms with Crippen molar-refractivity contribution in [3.05, 3.63) is 83.8 Å². The molecule has 1 N–H and O–H groups in total. The van der Waals surface area contributed by atoms with Crippen molar-refractivity contribution in [3.8, 4) is 17.2 Å². The summed E-state index contributed by atoms with van der Waals surface area (Å²) in [5, 5.41) is 3.14. The molecule has 0 fully saturated rings. The summed E-state index contributed by atoms with van der Waals surface area (Å²) in [4.78, 5) is 32.4. The van der Waals surface area contributed by atoms with Crippen molar-refractivity contribution in [3.63, 3.8) is 0 Å². The number of para-hydroxylation sites is 1. The molecule has 0 radical (unpaired) electrons. The van der Waals surface area contributed by atoms with Crippen molar-refractivity contribution in [2.75, 3.05) is 25.6 Å². The molecule has 33 heavy (non-hydrogen) atoms. The van der Waals surface area contributed by atoms with Crippen molar-refractivity contribution < 1.29 is 23.8 Å². The smallest absolute Gasteiger partial charge is 0.278 e. The molecular formula is C25H21N3O5. The van der Waals surface area contributed by atoms with E-state index in [0.717, 1.165) is 0 Å². The summed E-state index contributed by atoms with van der Waals surface area (Å²) < 4.78 is 16.7. The number of carbonyl (C=O) groups is 2. The second-order valence-electron chi connectivity index (χ2n) is 7.45.